The van der Waals surface area contributed by atoms with Gasteiger partial charge in [0.15, 0.2) is 0 Å². The van der Waals surface area contributed by atoms with E-state index in [9.17, 15) is 9.59 Å². The highest BCUT2D eigenvalue weighted by atomic mass is 16.4. The molecule has 1 amide bonds. The standard InChI is InChI=1S/C12H22N2O3/c1-4-10-6-5-8(2)14(10)7-11(12(16)17)13-9(3)15/h8,10-11H,4-7H2,1-3H3,(H,13,15)(H,16,17). The van der Waals surface area contributed by atoms with Gasteiger partial charge in [-0.15, -0.1) is 0 Å². The van der Waals surface area contributed by atoms with E-state index >= 15 is 0 Å². The molecule has 98 valence electrons. The van der Waals surface area contributed by atoms with Crippen molar-refractivity contribution < 1.29 is 14.7 Å². The van der Waals surface area contributed by atoms with Gasteiger partial charge in [0.05, 0.1) is 0 Å². The van der Waals surface area contributed by atoms with Crippen LogP contribution in [0.25, 0.3) is 0 Å². The Hall–Kier alpha value is -1.10. The first-order valence-corrected chi connectivity index (χ1v) is 6.21. The molecule has 0 spiro atoms. The van der Waals surface area contributed by atoms with Crippen LogP contribution in [-0.2, 0) is 9.59 Å². The number of aliphatic carboxylic acids is 1. The largest absolute Gasteiger partial charge is 0.480 e. The molecule has 0 aromatic carbocycles. The van der Waals surface area contributed by atoms with E-state index in [1.165, 1.54) is 6.92 Å². The number of nitrogens with zero attached hydrogens (tertiary/aromatic N) is 1. The van der Waals surface area contributed by atoms with Crippen molar-refractivity contribution >= 4 is 11.9 Å². The zero-order chi connectivity index (χ0) is 13.0. The second-order valence-electron chi connectivity index (χ2n) is 4.78. The highest BCUT2D eigenvalue weighted by Gasteiger charge is 2.33. The number of hydrogen-bond acceptors (Lipinski definition) is 3. The number of carbonyl (C=O) groups is 2. The molecule has 1 rings (SSSR count). The molecule has 1 saturated heterocycles. The summed E-state index contributed by atoms with van der Waals surface area (Å²) in [4.78, 5) is 24.3. The number of carbonyl (C=O) groups excluding carboxylic acids is 1. The molecular weight excluding hydrogens is 220 g/mol. The second kappa shape index (κ2) is 6.00. The maximum Gasteiger partial charge on any atom is 0.327 e. The van der Waals surface area contributed by atoms with Crippen LogP contribution in [0.5, 0.6) is 0 Å². The van der Waals surface area contributed by atoms with Crippen molar-refractivity contribution in [2.24, 2.45) is 0 Å². The van der Waals surface area contributed by atoms with Crippen LogP contribution in [0.3, 0.4) is 0 Å². The van der Waals surface area contributed by atoms with Gasteiger partial charge in [-0.05, 0) is 26.2 Å². The van der Waals surface area contributed by atoms with E-state index in [1.54, 1.807) is 0 Å². The van der Waals surface area contributed by atoms with Crippen molar-refractivity contribution in [3.05, 3.63) is 0 Å². The molecule has 0 radical (unpaired) electrons. The number of nitrogens with one attached hydrogen (secondary N) is 1. The third-order valence-electron chi connectivity index (χ3n) is 3.49. The molecule has 3 atom stereocenters. The third-order valence-corrected chi connectivity index (χ3v) is 3.49. The summed E-state index contributed by atoms with van der Waals surface area (Å²) in [5.74, 6) is -1.26. The highest BCUT2D eigenvalue weighted by Crippen LogP contribution is 2.25. The lowest BCUT2D eigenvalue weighted by Crippen LogP contribution is -2.50. The van der Waals surface area contributed by atoms with Crippen molar-refractivity contribution in [1.29, 1.82) is 0 Å². The fraction of sp³-hybridized carbons (Fsp3) is 0.833. The first-order valence-electron chi connectivity index (χ1n) is 6.21. The lowest BCUT2D eigenvalue weighted by atomic mass is 10.1. The SMILES string of the molecule is CCC1CCC(C)N1CC(NC(C)=O)C(=O)O. The molecule has 17 heavy (non-hydrogen) atoms. The molecule has 1 aliphatic heterocycles. The van der Waals surface area contributed by atoms with Crippen LogP contribution >= 0.6 is 0 Å². The van der Waals surface area contributed by atoms with Gasteiger partial charge in [-0.1, -0.05) is 6.92 Å². The van der Waals surface area contributed by atoms with Gasteiger partial charge >= 0.3 is 5.97 Å². The van der Waals surface area contributed by atoms with Gasteiger partial charge in [0.1, 0.15) is 6.04 Å². The molecule has 0 saturated carbocycles. The topological polar surface area (TPSA) is 69.6 Å². The van der Waals surface area contributed by atoms with E-state index in [4.69, 9.17) is 5.11 Å². The fourth-order valence-electron chi connectivity index (χ4n) is 2.53. The number of likely N-dealkylation sites (tertiary alicyclic amines) is 1. The van der Waals surface area contributed by atoms with E-state index < -0.39 is 12.0 Å². The van der Waals surface area contributed by atoms with Gasteiger partial charge in [0, 0.05) is 25.6 Å². The minimum absolute atomic E-state index is 0.294. The summed E-state index contributed by atoms with van der Waals surface area (Å²) in [5.41, 5.74) is 0. The zero-order valence-electron chi connectivity index (χ0n) is 10.8. The Bertz CT molecular complexity index is 293. The smallest absolute Gasteiger partial charge is 0.327 e. The summed E-state index contributed by atoms with van der Waals surface area (Å²) in [6.07, 6.45) is 3.24. The minimum atomic E-state index is -0.964. The van der Waals surface area contributed by atoms with Crippen LogP contribution in [0.15, 0.2) is 0 Å². The Kier molecular flexibility index (Phi) is 4.93. The van der Waals surface area contributed by atoms with Crippen molar-refractivity contribution in [3.63, 3.8) is 0 Å². The predicted octanol–water partition coefficient (Wildman–Crippen LogP) is 0.839. The zero-order valence-corrected chi connectivity index (χ0v) is 10.8. The van der Waals surface area contributed by atoms with E-state index in [0.29, 0.717) is 18.6 Å². The molecule has 1 fully saturated rings. The Labute approximate surface area is 102 Å². The van der Waals surface area contributed by atoms with E-state index in [-0.39, 0.29) is 5.91 Å². The van der Waals surface area contributed by atoms with E-state index in [2.05, 4.69) is 24.1 Å². The molecule has 0 aromatic rings. The summed E-state index contributed by atoms with van der Waals surface area (Å²) in [6.45, 7) is 5.97. The molecule has 5 nitrogen and oxygen atoms in total. The number of hydrogen-bond donors (Lipinski definition) is 2. The maximum atomic E-state index is 11.1. The first-order chi connectivity index (χ1) is 7.95. The van der Waals surface area contributed by atoms with E-state index in [1.807, 2.05) is 0 Å². The number of carboxylic acids is 1. The average molecular weight is 242 g/mol. The number of rotatable bonds is 5. The Morgan fingerprint density at radius 3 is 2.59 bits per heavy atom. The van der Waals surface area contributed by atoms with Crippen LogP contribution in [0, 0.1) is 0 Å². The summed E-state index contributed by atoms with van der Waals surface area (Å²) in [6, 6.07) is 0.0401. The minimum Gasteiger partial charge on any atom is -0.480 e. The summed E-state index contributed by atoms with van der Waals surface area (Å²) in [7, 11) is 0. The lowest BCUT2D eigenvalue weighted by Gasteiger charge is -2.30. The van der Waals surface area contributed by atoms with Gasteiger partial charge in [-0.25, -0.2) is 4.79 Å². The number of amides is 1. The van der Waals surface area contributed by atoms with Crippen molar-refractivity contribution in [1.82, 2.24) is 10.2 Å². The van der Waals surface area contributed by atoms with Crippen LogP contribution in [0.1, 0.15) is 40.0 Å². The van der Waals surface area contributed by atoms with Crippen molar-refractivity contribution in [3.8, 4) is 0 Å². The van der Waals surface area contributed by atoms with Gasteiger partial charge in [0.2, 0.25) is 5.91 Å². The monoisotopic (exact) mass is 242 g/mol. The Morgan fingerprint density at radius 2 is 2.12 bits per heavy atom. The first kappa shape index (κ1) is 14.0. The normalized spacial score (nSPS) is 26.8. The average Bonchev–Trinajstić information content (AvgIpc) is 2.58. The molecule has 1 aliphatic rings. The summed E-state index contributed by atoms with van der Waals surface area (Å²) < 4.78 is 0. The van der Waals surface area contributed by atoms with Gasteiger partial charge in [-0.3, -0.25) is 9.69 Å². The van der Waals surface area contributed by atoms with Crippen LogP contribution in [0.4, 0.5) is 0 Å². The second-order valence-corrected chi connectivity index (χ2v) is 4.78. The quantitative estimate of drug-likeness (QED) is 0.749. The van der Waals surface area contributed by atoms with Crippen molar-refractivity contribution in [2.45, 2.75) is 58.2 Å². The molecule has 0 bridgehead atoms. The molecule has 0 aliphatic carbocycles. The molecule has 0 aromatic heterocycles. The molecule has 2 N–H and O–H groups in total. The third kappa shape index (κ3) is 3.70. The predicted molar refractivity (Wildman–Crippen MR) is 64.7 cm³/mol. The maximum absolute atomic E-state index is 11.1. The summed E-state index contributed by atoms with van der Waals surface area (Å²) in [5, 5.41) is 11.6. The van der Waals surface area contributed by atoms with Crippen LogP contribution < -0.4 is 5.32 Å². The molecule has 1 heterocycles. The van der Waals surface area contributed by atoms with E-state index in [0.717, 1.165) is 19.3 Å². The number of carboxylic acid groups (broad SMARTS) is 1. The molecule has 3 unspecified atom stereocenters. The lowest BCUT2D eigenvalue weighted by molar-refractivity contribution is -0.142. The molecular formula is C12H22N2O3. The van der Waals surface area contributed by atoms with Crippen molar-refractivity contribution in [2.75, 3.05) is 6.54 Å². The Morgan fingerprint density at radius 1 is 1.47 bits per heavy atom. The molecule has 5 heteroatoms. The highest BCUT2D eigenvalue weighted by molar-refractivity contribution is 5.82. The fourth-order valence-corrected chi connectivity index (χ4v) is 2.53. The van der Waals surface area contributed by atoms with Crippen LogP contribution in [-0.4, -0.2) is 46.6 Å². The summed E-state index contributed by atoms with van der Waals surface area (Å²) >= 11 is 0. The van der Waals surface area contributed by atoms with Gasteiger partial charge < -0.3 is 10.4 Å². The van der Waals surface area contributed by atoms with Crippen LogP contribution in [0.2, 0.25) is 0 Å². The Balaban J connectivity index is 2.64. The van der Waals surface area contributed by atoms with Gasteiger partial charge in [0.25, 0.3) is 0 Å². The van der Waals surface area contributed by atoms with Gasteiger partial charge in [-0.2, -0.15) is 0 Å².